The number of ether oxygens (including phenoxy) is 1. The van der Waals surface area contributed by atoms with Crippen molar-refractivity contribution < 1.29 is 13.9 Å². The van der Waals surface area contributed by atoms with Crippen molar-refractivity contribution in [2.45, 2.75) is 20.3 Å². The predicted octanol–water partition coefficient (Wildman–Crippen LogP) is 4.62. The van der Waals surface area contributed by atoms with Crippen LogP contribution in [0.25, 0.3) is 33.7 Å². The van der Waals surface area contributed by atoms with Crippen molar-refractivity contribution in [3.05, 3.63) is 86.9 Å². The summed E-state index contributed by atoms with van der Waals surface area (Å²) < 4.78 is 13.3. The quantitative estimate of drug-likeness (QED) is 0.322. The van der Waals surface area contributed by atoms with Crippen LogP contribution in [0.1, 0.15) is 36.4 Å². The average Bonchev–Trinajstić information content (AvgIpc) is 3.56. The minimum absolute atomic E-state index is 0.0143. The molecule has 0 aliphatic heterocycles. The third-order valence-corrected chi connectivity index (χ3v) is 6.20. The summed E-state index contributed by atoms with van der Waals surface area (Å²) in [5.41, 5.74) is 2.07. The van der Waals surface area contributed by atoms with Crippen molar-refractivity contribution in [2.75, 3.05) is 6.61 Å². The molecule has 34 heavy (non-hydrogen) atoms. The molecule has 0 amide bonds. The summed E-state index contributed by atoms with van der Waals surface area (Å²) in [6.45, 7) is 4.26. The highest BCUT2D eigenvalue weighted by molar-refractivity contribution is 7.15. The summed E-state index contributed by atoms with van der Waals surface area (Å²) in [6.07, 6.45) is 2.64. The third kappa shape index (κ3) is 4.27. The number of furan rings is 1. The van der Waals surface area contributed by atoms with E-state index in [1.54, 1.807) is 24.3 Å². The number of nitrogens with zero attached hydrogens (tertiary/aromatic N) is 3. The van der Waals surface area contributed by atoms with Crippen LogP contribution in [0.4, 0.5) is 0 Å². The van der Waals surface area contributed by atoms with Crippen molar-refractivity contribution >= 4 is 28.2 Å². The highest BCUT2D eigenvalue weighted by Crippen LogP contribution is 2.24. The van der Waals surface area contributed by atoms with E-state index in [4.69, 9.17) is 9.15 Å². The maximum Gasteiger partial charge on any atom is 0.291 e. The standard InChI is InChI=1S/C26H21N3O4S/c1-3-14-32-20-10-8-19(9-11-20)24-27-26-29(28-24)25(31)23(34-26)15-21-12-13-22(33-21)18-6-4-17(5-7-18)16(2)30/h4-13,15H,3,14H2,1-2H3/b23-15-. The highest BCUT2D eigenvalue weighted by atomic mass is 32.1. The Bertz CT molecular complexity index is 1580. The number of hydrogen-bond acceptors (Lipinski definition) is 7. The highest BCUT2D eigenvalue weighted by Gasteiger charge is 2.13. The second-order valence-corrected chi connectivity index (χ2v) is 8.76. The van der Waals surface area contributed by atoms with Gasteiger partial charge in [0.1, 0.15) is 21.8 Å². The number of carbonyl (C=O) groups excluding carboxylic acids is 1. The van der Waals surface area contributed by atoms with Gasteiger partial charge in [-0.3, -0.25) is 9.59 Å². The Balaban J connectivity index is 1.40. The van der Waals surface area contributed by atoms with Crippen LogP contribution in [0.5, 0.6) is 5.75 Å². The third-order valence-electron chi connectivity index (χ3n) is 5.24. The van der Waals surface area contributed by atoms with E-state index in [1.807, 2.05) is 42.5 Å². The largest absolute Gasteiger partial charge is 0.494 e. The van der Waals surface area contributed by atoms with Gasteiger partial charge in [-0.1, -0.05) is 42.5 Å². The molecular weight excluding hydrogens is 450 g/mol. The van der Waals surface area contributed by atoms with Crippen LogP contribution >= 0.6 is 11.3 Å². The molecule has 0 atom stereocenters. The monoisotopic (exact) mass is 471 g/mol. The van der Waals surface area contributed by atoms with Crippen LogP contribution in [0.2, 0.25) is 0 Å². The lowest BCUT2D eigenvalue weighted by Gasteiger charge is -2.04. The van der Waals surface area contributed by atoms with E-state index >= 15 is 0 Å². The lowest BCUT2D eigenvalue weighted by atomic mass is 10.1. The topological polar surface area (TPSA) is 86.7 Å². The van der Waals surface area contributed by atoms with Gasteiger partial charge < -0.3 is 9.15 Å². The molecule has 0 saturated heterocycles. The molecule has 3 heterocycles. The normalized spacial score (nSPS) is 11.9. The fourth-order valence-corrected chi connectivity index (χ4v) is 4.35. The number of fused-ring (bicyclic) bond motifs is 1. The van der Waals surface area contributed by atoms with Crippen molar-refractivity contribution in [2.24, 2.45) is 0 Å². The number of Topliss-reactive ketones (excluding diaryl/α,β-unsaturated/α-hetero) is 1. The molecule has 0 bridgehead atoms. The molecule has 0 radical (unpaired) electrons. The maximum atomic E-state index is 12.9. The Morgan fingerprint density at radius 2 is 1.79 bits per heavy atom. The molecule has 7 nitrogen and oxygen atoms in total. The second kappa shape index (κ2) is 9.07. The Labute approximate surface area is 198 Å². The van der Waals surface area contributed by atoms with Crippen LogP contribution in [0.3, 0.4) is 0 Å². The molecule has 2 aromatic carbocycles. The number of aromatic nitrogens is 3. The molecule has 5 aromatic rings. The first-order valence-corrected chi connectivity index (χ1v) is 11.7. The first kappa shape index (κ1) is 21.8. The number of carbonyl (C=O) groups is 1. The zero-order chi connectivity index (χ0) is 23.7. The molecule has 0 fully saturated rings. The first-order chi connectivity index (χ1) is 16.5. The summed E-state index contributed by atoms with van der Waals surface area (Å²) in [7, 11) is 0. The van der Waals surface area contributed by atoms with Gasteiger partial charge in [-0.25, -0.2) is 0 Å². The zero-order valence-corrected chi connectivity index (χ0v) is 19.5. The van der Waals surface area contributed by atoms with Gasteiger partial charge in [0.15, 0.2) is 11.6 Å². The van der Waals surface area contributed by atoms with Gasteiger partial charge in [0.25, 0.3) is 5.56 Å². The van der Waals surface area contributed by atoms with Crippen LogP contribution in [0, 0.1) is 0 Å². The van der Waals surface area contributed by atoms with Gasteiger partial charge in [-0.15, -0.1) is 5.10 Å². The van der Waals surface area contributed by atoms with Crippen LogP contribution in [0.15, 0.2) is 69.9 Å². The first-order valence-electron chi connectivity index (χ1n) is 10.9. The molecule has 0 spiro atoms. The SMILES string of the molecule is CCCOc1ccc(-c2nc3s/c(=C\c4ccc(-c5ccc(C(C)=O)cc5)o4)c(=O)n3n2)cc1. The maximum absolute atomic E-state index is 12.9. The van der Waals surface area contributed by atoms with E-state index in [2.05, 4.69) is 17.0 Å². The lowest BCUT2D eigenvalue weighted by molar-refractivity contribution is 0.101. The van der Waals surface area contributed by atoms with Crippen LogP contribution in [-0.2, 0) is 0 Å². The minimum Gasteiger partial charge on any atom is -0.494 e. The van der Waals surface area contributed by atoms with Gasteiger partial charge in [0.05, 0.1) is 6.61 Å². The van der Waals surface area contributed by atoms with E-state index in [-0.39, 0.29) is 11.3 Å². The van der Waals surface area contributed by atoms with E-state index < -0.39 is 0 Å². The molecule has 3 aromatic heterocycles. The second-order valence-electron chi connectivity index (χ2n) is 7.75. The van der Waals surface area contributed by atoms with Crippen LogP contribution in [-0.4, -0.2) is 27.0 Å². The number of ketones is 1. The number of benzene rings is 2. The van der Waals surface area contributed by atoms with E-state index in [0.29, 0.717) is 39.0 Å². The molecule has 5 rings (SSSR count). The van der Waals surface area contributed by atoms with Crippen molar-refractivity contribution in [1.82, 2.24) is 14.6 Å². The number of hydrogen-bond donors (Lipinski definition) is 0. The van der Waals surface area contributed by atoms with E-state index in [0.717, 1.165) is 23.3 Å². The van der Waals surface area contributed by atoms with E-state index in [9.17, 15) is 9.59 Å². The fourth-order valence-electron chi connectivity index (χ4n) is 3.46. The fraction of sp³-hybridized carbons (Fsp3) is 0.154. The Kier molecular flexibility index (Phi) is 5.81. The number of thiazole rings is 1. The predicted molar refractivity (Wildman–Crippen MR) is 131 cm³/mol. The molecular formula is C26H21N3O4S. The summed E-state index contributed by atoms with van der Waals surface area (Å²) in [6, 6.07) is 18.4. The summed E-state index contributed by atoms with van der Waals surface area (Å²) in [4.78, 5) is 29.4. The smallest absolute Gasteiger partial charge is 0.291 e. The van der Waals surface area contributed by atoms with Crippen molar-refractivity contribution in [3.63, 3.8) is 0 Å². The van der Waals surface area contributed by atoms with Gasteiger partial charge >= 0.3 is 0 Å². The summed E-state index contributed by atoms with van der Waals surface area (Å²) in [5.74, 6) is 2.50. The van der Waals surface area contributed by atoms with E-state index in [1.165, 1.54) is 22.8 Å². The molecule has 0 aliphatic carbocycles. The Morgan fingerprint density at radius 1 is 1.06 bits per heavy atom. The molecule has 0 N–H and O–H groups in total. The molecule has 0 saturated carbocycles. The van der Waals surface area contributed by atoms with Crippen molar-refractivity contribution in [1.29, 1.82) is 0 Å². The van der Waals surface area contributed by atoms with Gasteiger partial charge in [0, 0.05) is 22.8 Å². The summed E-state index contributed by atoms with van der Waals surface area (Å²) in [5, 5.41) is 4.40. The van der Waals surface area contributed by atoms with Crippen LogP contribution < -0.4 is 14.8 Å². The molecule has 0 unspecified atom stereocenters. The lowest BCUT2D eigenvalue weighted by Crippen LogP contribution is -2.23. The van der Waals surface area contributed by atoms with Crippen molar-refractivity contribution in [3.8, 4) is 28.5 Å². The molecule has 0 aliphatic rings. The molecule has 8 heteroatoms. The Morgan fingerprint density at radius 3 is 2.47 bits per heavy atom. The zero-order valence-electron chi connectivity index (χ0n) is 18.6. The average molecular weight is 472 g/mol. The minimum atomic E-state index is -0.245. The van der Waals surface area contributed by atoms with Gasteiger partial charge in [-0.2, -0.15) is 9.50 Å². The summed E-state index contributed by atoms with van der Waals surface area (Å²) >= 11 is 1.26. The number of rotatable bonds is 7. The Hall–Kier alpha value is -4.04. The molecule has 170 valence electrons. The van der Waals surface area contributed by atoms with Gasteiger partial charge in [-0.05, 0) is 49.7 Å². The van der Waals surface area contributed by atoms with Gasteiger partial charge in [0.2, 0.25) is 4.96 Å².